The van der Waals surface area contributed by atoms with Gasteiger partial charge in [0.15, 0.2) is 0 Å². The third-order valence-electron chi connectivity index (χ3n) is 2.72. The number of hydrogen-bond donors (Lipinski definition) is 1. The van der Waals surface area contributed by atoms with Gasteiger partial charge < -0.3 is 14.8 Å². The number of ether oxygens (including phenoxy) is 2. The molecular weight excluding hydrogens is 356 g/mol. The molecule has 0 radical (unpaired) electrons. The maximum absolute atomic E-state index is 5.89. The van der Waals surface area contributed by atoms with E-state index in [0.29, 0.717) is 17.4 Å². The molecular formula is C15H16BrClN2O2. The van der Waals surface area contributed by atoms with Gasteiger partial charge in [-0.05, 0) is 33.6 Å². The zero-order valence-corrected chi connectivity index (χ0v) is 13.9. The summed E-state index contributed by atoms with van der Waals surface area (Å²) in [5, 5.41) is 3.84. The minimum absolute atomic E-state index is 0.544. The van der Waals surface area contributed by atoms with Gasteiger partial charge in [0, 0.05) is 32.5 Å². The van der Waals surface area contributed by atoms with Crippen molar-refractivity contribution in [1.82, 2.24) is 10.3 Å². The summed E-state index contributed by atoms with van der Waals surface area (Å²) in [4.78, 5) is 3.99. The highest BCUT2D eigenvalue weighted by atomic mass is 79.9. The number of benzene rings is 1. The molecule has 0 saturated heterocycles. The van der Waals surface area contributed by atoms with Crippen molar-refractivity contribution in [2.75, 3.05) is 20.3 Å². The standard InChI is InChI=1S/C15H16BrClN2O2/c1-20-5-4-18-8-11-2-3-15(14(16)6-11)21-13-7-12(17)9-19-10-13/h2-3,6-7,9-10,18H,4-5,8H2,1H3. The lowest BCUT2D eigenvalue weighted by Gasteiger charge is -2.10. The van der Waals surface area contributed by atoms with Gasteiger partial charge in [-0.2, -0.15) is 0 Å². The zero-order chi connectivity index (χ0) is 15.1. The molecule has 0 aliphatic heterocycles. The minimum atomic E-state index is 0.544. The number of nitrogens with one attached hydrogen (secondary N) is 1. The summed E-state index contributed by atoms with van der Waals surface area (Å²) in [6, 6.07) is 7.67. The lowest BCUT2D eigenvalue weighted by Crippen LogP contribution is -2.18. The molecule has 0 bridgehead atoms. The van der Waals surface area contributed by atoms with Crippen LogP contribution in [0.15, 0.2) is 41.1 Å². The highest BCUT2D eigenvalue weighted by Gasteiger charge is 2.05. The Labute approximate surface area is 137 Å². The Morgan fingerprint density at radius 1 is 1.29 bits per heavy atom. The van der Waals surface area contributed by atoms with Crippen molar-refractivity contribution in [1.29, 1.82) is 0 Å². The minimum Gasteiger partial charge on any atom is -0.455 e. The second-order valence-electron chi connectivity index (χ2n) is 4.38. The van der Waals surface area contributed by atoms with Gasteiger partial charge in [0.1, 0.15) is 11.5 Å². The SMILES string of the molecule is COCCNCc1ccc(Oc2cncc(Cl)c2)c(Br)c1. The van der Waals surface area contributed by atoms with Crippen LogP contribution >= 0.6 is 27.5 Å². The molecule has 0 aliphatic rings. The molecule has 0 fully saturated rings. The molecule has 0 saturated carbocycles. The number of methoxy groups -OCH3 is 1. The molecule has 0 unspecified atom stereocenters. The van der Waals surface area contributed by atoms with Crippen molar-refractivity contribution in [3.8, 4) is 11.5 Å². The van der Waals surface area contributed by atoms with E-state index in [1.807, 2.05) is 18.2 Å². The molecule has 1 aromatic carbocycles. The molecule has 1 N–H and O–H groups in total. The van der Waals surface area contributed by atoms with E-state index in [1.165, 1.54) is 0 Å². The molecule has 0 aliphatic carbocycles. The number of aromatic nitrogens is 1. The molecule has 4 nitrogen and oxygen atoms in total. The molecule has 6 heteroatoms. The fourth-order valence-electron chi connectivity index (χ4n) is 1.72. The molecule has 0 amide bonds. The van der Waals surface area contributed by atoms with E-state index in [2.05, 4.69) is 26.2 Å². The van der Waals surface area contributed by atoms with Crippen molar-refractivity contribution in [3.05, 3.63) is 51.7 Å². The number of rotatable bonds is 7. The van der Waals surface area contributed by atoms with Crippen LogP contribution in [0.2, 0.25) is 5.02 Å². The summed E-state index contributed by atoms with van der Waals surface area (Å²) in [5.74, 6) is 1.33. The maximum atomic E-state index is 5.89. The summed E-state index contributed by atoms with van der Waals surface area (Å²) in [7, 11) is 1.69. The van der Waals surface area contributed by atoms with Gasteiger partial charge in [0.05, 0.1) is 22.3 Å². The van der Waals surface area contributed by atoms with Crippen molar-refractivity contribution >= 4 is 27.5 Å². The fraction of sp³-hybridized carbons (Fsp3) is 0.267. The van der Waals surface area contributed by atoms with Gasteiger partial charge in [-0.3, -0.25) is 4.98 Å². The number of hydrogen-bond acceptors (Lipinski definition) is 4. The lowest BCUT2D eigenvalue weighted by atomic mass is 10.2. The third-order valence-corrected chi connectivity index (χ3v) is 3.54. The van der Waals surface area contributed by atoms with E-state index in [1.54, 1.807) is 25.6 Å². The predicted molar refractivity (Wildman–Crippen MR) is 87.0 cm³/mol. The van der Waals surface area contributed by atoms with E-state index >= 15 is 0 Å². The van der Waals surface area contributed by atoms with Crippen LogP contribution in [0, 0.1) is 0 Å². The van der Waals surface area contributed by atoms with E-state index in [0.717, 1.165) is 28.9 Å². The van der Waals surface area contributed by atoms with Crippen LogP contribution in [0.3, 0.4) is 0 Å². The van der Waals surface area contributed by atoms with Gasteiger partial charge in [-0.25, -0.2) is 0 Å². The first kappa shape index (κ1) is 16.2. The smallest absolute Gasteiger partial charge is 0.147 e. The first-order valence-electron chi connectivity index (χ1n) is 6.45. The normalized spacial score (nSPS) is 10.6. The number of pyridine rings is 1. The second kappa shape index (κ2) is 8.34. The molecule has 2 rings (SSSR count). The van der Waals surface area contributed by atoms with Crippen LogP contribution < -0.4 is 10.1 Å². The van der Waals surface area contributed by atoms with Crippen LogP contribution in [-0.2, 0) is 11.3 Å². The van der Waals surface area contributed by atoms with Gasteiger partial charge >= 0.3 is 0 Å². The number of nitrogens with zero attached hydrogens (tertiary/aromatic N) is 1. The Morgan fingerprint density at radius 2 is 2.14 bits per heavy atom. The van der Waals surface area contributed by atoms with Crippen molar-refractivity contribution in [2.45, 2.75) is 6.54 Å². The highest BCUT2D eigenvalue weighted by molar-refractivity contribution is 9.10. The fourth-order valence-corrected chi connectivity index (χ4v) is 2.39. The first-order chi connectivity index (χ1) is 10.2. The second-order valence-corrected chi connectivity index (χ2v) is 5.67. The summed E-state index contributed by atoms with van der Waals surface area (Å²) in [6.45, 7) is 2.30. The van der Waals surface area contributed by atoms with E-state index in [9.17, 15) is 0 Å². The van der Waals surface area contributed by atoms with Crippen LogP contribution in [0.1, 0.15) is 5.56 Å². The Morgan fingerprint density at radius 3 is 2.86 bits per heavy atom. The van der Waals surface area contributed by atoms with Gasteiger partial charge in [0.2, 0.25) is 0 Å². The van der Waals surface area contributed by atoms with E-state index in [-0.39, 0.29) is 0 Å². The Bertz CT molecular complexity index is 596. The predicted octanol–water partition coefficient (Wildman–Crippen LogP) is 4.03. The van der Waals surface area contributed by atoms with Gasteiger partial charge in [-0.15, -0.1) is 0 Å². The van der Waals surface area contributed by atoms with Crippen LogP contribution in [0.25, 0.3) is 0 Å². The molecule has 112 valence electrons. The average Bonchev–Trinajstić information content (AvgIpc) is 2.46. The van der Waals surface area contributed by atoms with Gasteiger partial charge in [0.25, 0.3) is 0 Å². The topological polar surface area (TPSA) is 43.4 Å². The number of halogens is 2. The van der Waals surface area contributed by atoms with Gasteiger partial charge in [-0.1, -0.05) is 17.7 Å². The highest BCUT2D eigenvalue weighted by Crippen LogP contribution is 2.31. The monoisotopic (exact) mass is 370 g/mol. The molecule has 0 atom stereocenters. The average molecular weight is 372 g/mol. The quantitative estimate of drug-likeness (QED) is 0.746. The summed E-state index contributed by atoms with van der Waals surface area (Å²) >= 11 is 9.40. The van der Waals surface area contributed by atoms with Crippen molar-refractivity contribution in [2.24, 2.45) is 0 Å². The van der Waals surface area contributed by atoms with Crippen LogP contribution in [0.4, 0.5) is 0 Å². The lowest BCUT2D eigenvalue weighted by molar-refractivity contribution is 0.199. The maximum Gasteiger partial charge on any atom is 0.147 e. The van der Waals surface area contributed by atoms with Crippen molar-refractivity contribution < 1.29 is 9.47 Å². The Balaban J connectivity index is 1.98. The third kappa shape index (κ3) is 5.28. The van der Waals surface area contributed by atoms with Crippen LogP contribution in [0.5, 0.6) is 11.5 Å². The largest absolute Gasteiger partial charge is 0.455 e. The summed E-state index contributed by atoms with van der Waals surface area (Å²) < 4.78 is 11.6. The summed E-state index contributed by atoms with van der Waals surface area (Å²) in [6.07, 6.45) is 3.19. The van der Waals surface area contributed by atoms with E-state index < -0.39 is 0 Å². The first-order valence-corrected chi connectivity index (χ1v) is 7.62. The Kier molecular flexibility index (Phi) is 6.45. The zero-order valence-electron chi connectivity index (χ0n) is 11.6. The van der Waals surface area contributed by atoms with Crippen molar-refractivity contribution in [3.63, 3.8) is 0 Å². The molecule has 1 aromatic heterocycles. The summed E-state index contributed by atoms with van der Waals surface area (Å²) in [5.41, 5.74) is 1.16. The van der Waals surface area contributed by atoms with E-state index in [4.69, 9.17) is 21.1 Å². The molecule has 2 aromatic rings. The molecule has 1 heterocycles. The molecule has 21 heavy (non-hydrogen) atoms. The van der Waals surface area contributed by atoms with Crippen LogP contribution in [-0.4, -0.2) is 25.2 Å². The molecule has 0 spiro atoms. The Hall–Kier alpha value is -1.14.